The highest BCUT2D eigenvalue weighted by atomic mass is 35.6. The van der Waals surface area contributed by atoms with E-state index >= 15 is 0 Å². The average molecular weight is 482 g/mol. The van der Waals surface area contributed by atoms with E-state index in [0.717, 1.165) is 0 Å². The van der Waals surface area contributed by atoms with Crippen LogP contribution in [0.25, 0.3) is 0 Å². The Morgan fingerprint density at radius 2 is 1.15 bits per heavy atom. The third-order valence-electron chi connectivity index (χ3n) is 2.05. The molecule has 0 fully saturated rings. The van der Waals surface area contributed by atoms with Gasteiger partial charge in [-0.3, -0.25) is 0 Å². The van der Waals surface area contributed by atoms with E-state index in [1.807, 2.05) is 0 Å². The lowest BCUT2D eigenvalue weighted by atomic mass is 10.0. The molecule has 0 bridgehead atoms. The molecular weight excluding hydrogens is 479 g/mol. The molecule has 1 unspecified atom stereocenters. The largest absolute Gasteiger partial charge is 0.346 e. The average Bonchev–Trinajstić information content (AvgIpc) is 2.25. The van der Waals surface area contributed by atoms with E-state index in [-0.39, 0.29) is 0 Å². The van der Waals surface area contributed by atoms with Crippen LogP contribution in [0.15, 0.2) is 0 Å². The molecule has 13 heteroatoms. The van der Waals surface area contributed by atoms with Gasteiger partial charge in [0.25, 0.3) is 0 Å². The number of alkyl halides is 13. The van der Waals surface area contributed by atoms with E-state index in [1.165, 1.54) is 0 Å². The third kappa shape index (κ3) is 3.87. The Morgan fingerprint density at radius 1 is 0.800 bits per heavy atom. The van der Waals surface area contributed by atoms with Crippen molar-refractivity contribution in [2.24, 2.45) is 0 Å². The summed E-state index contributed by atoms with van der Waals surface area (Å²) in [6.07, 6.45) is 0. The van der Waals surface area contributed by atoms with Crippen molar-refractivity contribution in [1.29, 1.82) is 0 Å². The van der Waals surface area contributed by atoms with Crippen molar-refractivity contribution < 1.29 is 17.6 Å². The Kier molecular flexibility index (Phi) is 7.46. The van der Waals surface area contributed by atoms with Crippen LogP contribution in [0.1, 0.15) is 0 Å². The maximum Gasteiger partial charge on any atom is 0.346 e. The van der Waals surface area contributed by atoms with Gasteiger partial charge in [-0.05, 0) is 0 Å². The van der Waals surface area contributed by atoms with Crippen LogP contribution in [-0.4, -0.2) is 35.6 Å². The highest BCUT2D eigenvalue weighted by Crippen LogP contribution is 2.61. The summed E-state index contributed by atoms with van der Waals surface area (Å²) in [4.78, 5) is 0. The van der Waals surface area contributed by atoms with Crippen molar-refractivity contribution in [2.45, 2.75) is 29.7 Å². The Balaban J connectivity index is 5.85. The van der Waals surface area contributed by atoms with Crippen molar-refractivity contribution in [3.05, 3.63) is 0 Å². The Labute approximate surface area is 156 Å². The molecule has 0 heterocycles. The predicted octanol–water partition coefficient (Wildman–Crippen LogP) is 6.82. The number of halogens is 13. The van der Waals surface area contributed by atoms with Gasteiger partial charge in [0, 0.05) is 0 Å². The van der Waals surface area contributed by atoms with Gasteiger partial charge in [0.15, 0.2) is 4.33 Å². The Bertz CT molecular complexity index is 351. The molecule has 0 radical (unpaired) electrons. The van der Waals surface area contributed by atoms with E-state index in [4.69, 9.17) is 104 Å². The summed E-state index contributed by atoms with van der Waals surface area (Å²) >= 11 is 47.6. The molecule has 0 saturated heterocycles. The second-order valence-corrected chi connectivity index (χ2v) is 9.30. The zero-order valence-corrected chi connectivity index (χ0v) is 15.5. The maximum absolute atomic E-state index is 13.8. The molecule has 20 heavy (non-hydrogen) atoms. The maximum atomic E-state index is 13.8. The van der Waals surface area contributed by atoms with Gasteiger partial charge in [-0.15, -0.1) is 23.2 Å². The number of hydrogen-bond acceptors (Lipinski definition) is 0. The molecule has 1 atom stereocenters. The van der Waals surface area contributed by atoms with Crippen molar-refractivity contribution >= 4 is 104 Å². The summed E-state index contributed by atoms with van der Waals surface area (Å²) in [6.45, 7) is 0. The minimum absolute atomic E-state index is 1.81. The SMILES string of the molecule is FC(F)(CCl)C(F)(F)C(Cl)(Cl)C(Cl)(Cl)C(Cl)C(Cl)(Cl)Cl. The number of hydrogen-bond donors (Lipinski definition) is 0. The molecule has 0 aromatic rings. The van der Waals surface area contributed by atoms with Crippen LogP contribution in [0.5, 0.6) is 0 Å². The van der Waals surface area contributed by atoms with Crippen LogP contribution in [0.4, 0.5) is 17.6 Å². The fourth-order valence-corrected chi connectivity index (χ4v) is 3.22. The van der Waals surface area contributed by atoms with Gasteiger partial charge in [0.05, 0.1) is 5.88 Å². The van der Waals surface area contributed by atoms with Crippen LogP contribution in [0.3, 0.4) is 0 Å². The highest BCUT2D eigenvalue weighted by molar-refractivity contribution is 6.73. The molecule has 0 aromatic heterocycles. The van der Waals surface area contributed by atoms with Crippen LogP contribution < -0.4 is 0 Å². The first kappa shape index (κ1) is 22.3. The van der Waals surface area contributed by atoms with Gasteiger partial charge in [-0.1, -0.05) is 81.2 Å². The van der Waals surface area contributed by atoms with Gasteiger partial charge in [-0.25, -0.2) is 0 Å². The molecule has 0 saturated carbocycles. The van der Waals surface area contributed by atoms with Gasteiger partial charge in [-0.2, -0.15) is 17.6 Å². The van der Waals surface area contributed by atoms with Crippen LogP contribution in [-0.2, 0) is 0 Å². The van der Waals surface area contributed by atoms with Gasteiger partial charge in [0.1, 0.15) is 5.38 Å². The highest BCUT2D eigenvalue weighted by Gasteiger charge is 2.76. The van der Waals surface area contributed by atoms with Crippen molar-refractivity contribution in [3.63, 3.8) is 0 Å². The first-order valence-electron chi connectivity index (χ1n) is 4.25. The van der Waals surface area contributed by atoms with Crippen molar-refractivity contribution in [1.82, 2.24) is 0 Å². The smallest absolute Gasteiger partial charge is 0.198 e. The van der Waals surface area contributed by atoms with Gasteiger partial charge in [0.2, 0.25) is 8.13 Å². The zero-order chi connectivity index (χ0) is 16.8. The summed E-state index contributed by atoms with van der Waals surface area (Å²) in [5.74, 6) is -11.8. The quantitative estimate of drug-likeness (QED) is 0.298. The minimum Gasteiger partial charge on any atom is -0.198 e. The summed E-state index contributed by atoms with van der Waals surface area (Å²) in [7, 11) is 0. The predicted molar refractivity (Wildman–Crippen MR) is 79.4 cm³/mol. The molecule has 0 spiro atoms. The fourth-order valence-electron chi connectivity index (χ4n) is 0.888. The van der Waals surface area contributed by atoms with Crippen LogP contribution >= 0.6 is 104 Å². The lowest BCUT2D eigenvalue weighted by Gasteiger charge is -2.44. The first-order chi connectivity index (χ1) is 8.47. The topological polar surface area (TPSA) is 0 Å². The van der Waals surface area contributed by atoms with E-state index in [0.29, 0.717) is 0 Å². The summed E-state index contributed by atoms with van der Waals surface area (Å²) in [5.41, 5.74) is 0. The summed E-state index contributed by atoms with van der Waals surface area (Å²) in [5, 5.41) is -2.16. The van der Waals surface area contributed by atoms with Gasteiger partial charge >= 0.3 is 11.8 Å². The lowest BCUT2D eigenvalue weighted by molar-refractivity contribution is -0.204. The molecule has 0 nitrogen and oxygen atoms in total. The van der Waals surface area contributed by atoms with Crippen molar-refractivity contribution in [2.75, 3.05) is 5.88 Å². The third-order valence-corrected chi connectivity index (χ3v) is 6.71. The second kappa shape index (κ2) is 6.68. The van der Waals surface area contributed by atoms with E-state index < -0.39 is 35.6 Å². The summed E-state index contributed by atoms with van der Waals surface area (Å²) < 4.78 is 44.4. The first-order valence-corrected chi connectivity index (χ1v) is 7.86. The molecule has 0 aromatic carbocycles. The molecule has 0 aliphatic carbocycles. The minimum atomic E-state index is -5.18. The molecule has 0 N–H and O–H groups in total. The van der Waals surface area contributed by atoms with Gasteiger partial charge < -0.3 is 0 Å². The van der Waals surface area contributed by atoms with E-state index in [2.05, 4.69) is 0 Å². The summed E-state index contributed by atoms with van der Waals surface area (Å²) in [6, 6.07) is 0. The normalized spacial score (nSPS) is 17.2. The van der Waals surface area contributed by atoms with Crippen LogP contribution in [0.2, 0.25) is 0 Å². The van der Waals surface area contributed by atoms with E-state index in [1.54, 1.807) is 0 Å². The molecule has 122 valence electrons. The second-order valence-electron chi connectivity index (χ2n) is 3.51. The zero-order valence-electron chi connectivity index (χ0n) is 8.70. The molecule has 0 aliphatic rings. The Morgan fingerprint density at radius 3 is 1.40 bits per heavy atom. The Hall–Kier alpha value is 2.33. The van der Waals surface area contributed by atoms with Crippen LogP contribution in [0, 0.1) is 0 Å². The standard InChI is InChI=1S/C7H3Cl9F4/c8-1-3(17,18)7(19,20)6(15,16)4(10,11)2(9)5(12,13)14/h2H,1H2. The molecule has 0 amide bonds. The van der Waals surface area contributed by atoms with E-state index in [9.17, 15) is 17.6 Å². The number of rotatable bonds is 5. The molecular formula is C7H3Cl9F4. The van der Waals surface area contributed by atoms with Crippen molar-refractivity contribution in [3.8, 4) is 0 Å². The fraction of sp³-hybridized carbons (Fsp3) is 1.00. The lowest BCUT2D eigenvalue weighted by Crippen LogP contribution is -2.64. The molecule has 0 rings (SSSR count). The monoisotopic (exact) mass is 478 g/mol. The molecule has 0 aliphatic heterocycles.